The molecular weight excluding hydrogens is 262 g/mol. The Hall–Kier alpha value is -1.27. The fourth-order valence-corrected chi connectivity index (χ4v) is 1.70. The van der Waals surface area contributed by atoms with Gasteiger partial charge in [0.15, 0.2) is 0 Å². The molecule has 2 N–H and O–H groups in total. The highest BCUT2D eigenvalue weighted by Crippen LogP contribution is 2.20. The molecule has 1 rings (SSSR count). The highest BCUT2D eigenvalue weighted by Gasteiger charge is 2.15. The molecule has 0 bridgehead atoms. The van der Waals surface area contributed by atoms with Gasteiger partial charge in [-0.15, -0.1) is 5.10 Å². The molecule has 1 heterocycles. The van der Waals surface area contributed by atoms with Crippen molar-refractivity contribution in [3.05, 3.63) is 16.8 Å². The molecule has 5 nitrogen and oxygen atoms in total. The van der Waals surface area contributed by atoms with E-state index in [9.17, 15) is 0 Å². The van der Waals surface area contributed by atoms with Crippen LogP contribution in [0.2, 0.25) is 0 Å². The topological polar surface area (TPSA) is 70.3 Å². The summed E-state index contributed by atoms with van der Waals surface area (Å²) >= 11 is 5.03. The molecule has 1 aromatic heterocycles. The van der Waals surface area contributed by atoms with Crippen LogP contribution in [0.1, 0.15) is 37.6 Å². The third kappa shape index (κ3) is 4.72. The van der Waals surface area contributed by atoms with Gasteiger partial charge in [0.25, 0.3) is 0 Å². The minimum Gasteiger partial charge on any atom is -0.474 e. The Balaban J connectivity index is 2.74. The molecule has 6 heteroatoms. The average Bonchev–Trinajstić information content (AvgIpc) is 2.27. The number of nitrogens with zero attached hydrogens (tertiary/aromatic N) is 2. The summed E-state index contributed by atoms with van der Waals surface area (Å²) in [5, 5.41) is 8.02. The second-order valence-electron chi connectivity index (χ2n) is 5.26. The van der Waals surface area contributed by atoms with Crippen molar-refractivity contribution in [3.8, 4) is 5.88 Å². The molecule has 0 saturated carbocycles. The van der Waals surface area contributed by atoms with Gasteiger partial charge in [-0.3, -0.25) is 0 Å². The van der Waals surface area contributed by atoms with E-state index in [2.05, 4.69) is 10.2 Å². The molecular formula is C13H21N3O2S. The lowest BCUT2D eigenvalue weighted by molar-refractivity contribution is -0.0169. The fourth-order valence-electron chi connectivity index (χ4n) is 1.46. The van der Waals surface area contributed by atoms with Crippen LogP contribution in [-0.2, 0) is 4.74 Å². The number of aryl methyl sites for hydroxylation is 1. The van der Waals surface area contributed by atoms with Gasteiger partial charge < -0.3 is 15.2 Å². The predicted octanol–water partition coefficient (Wildman–Crippen LogP) is 1.92. The fraction of sp³-hybridized carbons (Fsp3) is 0.615. The molecule has 0 aliphatic heterocycles. The number of nitrogens with two attached hydrogens (primary N) is 1. The summed E-state index contributed by atoms with van der Waals surface area (Å²) in [6.07, 6.45) is 0. The van der Waals surface area contributed by atoms with E-state index in [1.165, 1.54) is 0 Å². The van der Waals surface area contributed by atoms with E-state index in [4.69, 9.17) is 27.4 Å². The summed E-state index contributed by atoms with van der Waals surface area (Å²) in [6.45, 7) is 10.6. The van der Waals surface area contributed by atoms with Gasteiger partial charge in [-0.25, -0.2) is 0 Å². The van der Waals surface area contributed by atoms with Gasteiger partial charge in [-0.1, -0.05) is 12.2 Å². The molecule has 0 atom stereocenters. The highest BCUT2D eigenvalue weighted by molar-refractivity contribution is 7.80. The van der Waals surface area contributed by atoms with Gasteiger partial charge >= 0.3 is 0 Å². The van der Waals surface area contributed by atoms with Crippen molar-refractivity contribution in [1.29, 1.82) is 0 Å². The van der Waals surface area contributed by atoms with Crippen LogP contribution in [0.3, 0.4) is 0 Å². The lowest BCUT2D eigenvalue weighted by Crippen LogP contribution is -2.23. The highest BCUT2D eigenvalue weighted by atomic mass is 32.1. The van der Waals surface area contributed by atoms with Gasteiger partial charge in [-0.2, -0.15) is 5.10 Å². The van der Waals surface area contributed by atoms with Crippen molar-refractivity contribution in [2.45, 2.75) is 40.2 Å². The number of rotatable bonds is 5. The molecule has 0 radical (unpaired) electrons. The smallest absolute Gasteiger partial charge is 0.244 e. The van der Waals surface area contributed by atoms with E-state index < -0.39 is 0 Å². The predicted molar refractivity (Wildman–Crippen MR) is 78.6 cm³/mol. The first kappa shape index (κ1) is 15.8. The zero-order valence-electron chi connectivity index (χ0n) is 12.1. The molecule has 0 amide bonds. The number of aromatic nitrogens is 2. The van der Waals surface area contributed by atoms with Crippen molar-refractivity contribution >= 4 is 17.2 Å². The van der Waals surface area contributed by atoms with Gasteiger partial charge in [0, 0.05) is 0 Å². The maximum absolute atomic E-state index is 5.71. The van der Waals surface area contributed by atoms with Crippen LogP contribution in [-0.4, -0.2) is 34.0 Å². The Kier molecular flexibility index (Phi) is 5.20. The van der Waals surface area contributed by atoms with E-state index >= 15 is 0 Å². The van der Waals surface area contributed by atoms with Gasteiger partial charge in [0.2, 0.25) is 5.88 Å². The van der Waals surface area contributed by atoms with Crippen molar-refractivity contribution in [1.82, 2.24) is 10.2 Å². The first-order valence-corrected chi connectivity index (χ1v) is 6.53. The summed E-state index contributed by atoms with van der Waals surface area (Å²) in [4.78, 5) is 0.266. The Morgan fingerprint density at radius 3 is 2.37 bits per heavy atom. The van der Waals surface area contributed by atoms with Crippen LogP contribution >= 0.6 is 12.2 Å². The molecule has 0 aliphatic rings. The number of ether oxygens (including phenoxy) is 2. The number of thiocarbonyl (C=S) groups is 1. The minimum absolute atomic E-state index is 0.190. The molecule has 0 spiro atoms. The Bertz CT molecular complexity index is 470. The lowest BCUT2D eigenvalue weighted by atomic mass is 10.1. The largest absolute Gasteiger partial charge is 0.474 e. The van der Waals surface area contributed by atoms with Crippen LogP contribution in [0.4, 0.5) is 0 Å². The van der Waals surface area contributed by atoms with E-state index in [1.54, 1.807) is 0 Å². The summed E-state index contributed by atoms with van der Waals surface area (Å²) < 4.78 is 11.1. The van der Waals surface area contributed by atoms with Crippen LogP contribution in [0.5, 0.6) is 5.88 Å². The quantitative estimate of drug-likeness (QED) is 0.657. The summed E-state index contributed by atoms with van der Waals surface area (Å²) in [5.74, 6) is 0.369. The molecule has 0 fully saturated rings. The molecule has 19 heavy (non-hydrogen) atoms. The van der Waals surface area contributed by atoms with E-state index in [0.29, 0.717) is 24.7 Å². The second kappa shape index (κ2) is 6.25. The molecule has 1 aromatic rings. The van der Waals surface area contributed by atoms with Gasteiger partial charge in [0.05, 0.1) is 23.5 Å². The Labute approximate surface area is 119 Å². The lowest BCUT2D eigenvalue weighted by Gasteiger charge is -2.19. The minimum atomic E-state index is -0.190. The Morgan fingerprint density at radius 2 is 1.84 bits per heavy atom. The maximum atomic E-state index is 5.71. The molecule has 106 valence electrons. The second-order valence-corrected chi connectivity index (χ2v) is 5.70. The monoisotopic (exact) mass is 283 g/mol. The van der Waals surface area contributed by atoms with Crippen molar-refractivity contribution in [3.63, 3.8) is 0 Å². The van der Waals surface area contributed by atoms with E-state index in [0.717, 1.165) is 11.3 Å². The van der Waals surface area contributed by atoms with Crippen molar-refractivity contribution < 1.29 is 9.47 Å². The standard InChI is InChI=1S/C13H21N3O2S/c1-8-9(2)15-16-12(10(8)11(14)19)17-6-7-18-13(3,4)5/h6-7H2,1-5H3,(H2,14,19). The normalized spacial score (nSPS) is 11.4. The third-order valence-corrected chi connectivity index (χ3v) is 2.73. The maximum Gasteiger partial charge on any atom is 0.244 e. The van der Waals surface area contributed by atoms with Crippen LogP contribution in [0.15, 0.2) is 0 Å². The molecule has 0 saturated heterocycles. The first-order valence-electron chi connectivity index (χ1n) is 6.13. The molecule has 0 aliphatic carbocycles. The SMILES string of the molecule is Cc1nnc(OCCOC(C)(C)C)c(C(N)=S)c1C. The summed E-state index contributed by atoms with van der Waals surface area (Å²) in [6, 6.07) is 0. The summed E-state index contributed by atoms with van der Waals surface area (Å²) in [5.41, 5.74) is 7.86. The van der Waals surface area contributed by atoms with Gasteiger partial charge in [-0.05, 0) is 40.2 Å². The third-order valence-electron chi connectivity index (χ3n) is 2.53. The number of hydrogen-bond donors (Lipinski definition) is 1. The zero-order valence-corrected chi connectivity index (χ0v) is 12.9. The molecule has 0 unspecified atom stereocenters. The van der Waals surface area contributed by atoms with Crippen molar-refractivity contribution in [2.24, 2.45) is 5.73 Å². The molecule has 0 aromatic carbocycles. The van der Waals surface area contributed by atoms with Crippen molar-refractivity contribution in [2.75, 3.05) is 13.2 Å². The zero-order chi connectivity index (χ0) is 14.6. The summed E-state index contributed by atoms with van der Waals surface area (Å²) in [7, 11) is 0. The van der Waals surface area contributed by atoms with Crippen LogP contribution in [0, 0.1) is 13.8 Å². The number of hydrogen-bond acceptors (Lipinski definition) is 5. The van der Waals surface area contributed by atoms with Gasteiger partial charge in [0.1, 0.15) is 11.6 Å². The van der Waals surface area contributed by atoms with Crippen LogP contribution in [0.25, 0.3) is 0 Å². The first-order chi connectivity index (χ1) is 8.72. The van der Waals surface area contributed by atoms with Crippen LogP contribution < -0.4 is 10.5 Å². The van der Waals surface area contributed by atoms with E-state index in [1.807, 2.05) is 34.6 Å². The Morgan fingerprint density at radius 1 is 1.21 bits per heavy atom. The average molecular weight is 283 g/mol. The van der Waals surface area contributed by atoms with E-state index in [-0.39, 0.29) is 10.6 Å².